The Kier molecular flexibility index (Phi) is 8.53. The predicted octanol–water partition coefficient (Wildman–Crippen LogP) is 6.20. The van der Waals surface area contributed by atoms with Gasteiger partial charge < -0.3 is 15.0 Å². The molecule has 2 heterocycles. The third-order valence-electron chi connectivity index (χ3n) is 6.56. The number of benzene rings is 3. The zero-order chi connectivity index (χ0) is 27.0. The first-order valence-electron chi connectivity index (χ1n) is 12.7. The Hall–Kier alpha value is -4.17. The monoisotopic (exact) mass is 541 g/mol. The number of halogens is 1. The average molecular weight is 542 g/mol. The van der Waals surface area contributed by atoms with E-state index in [0.29, 0.717) is 30.2 Å². The second-order valence-electron chi connectivity index (χ2n) is 9.39. The molecule has 0 spiro atoms. The van der Waals surface area contributed by atoms with Crippen molar-refractivity contribution in [3.8, 4) is 11.5 Å². The Bertz CT molecular complexity index is 1390. The molecule has 0 radical (unpaired) electrons. The summed E-state index contributed by atoms with van der Waals surface area (Å²) in [5, 5.41) is 2.97. The summed E-state index contributed by atoms with van der Waals surface area (Å²) < 4.78 is 18.9. The van der Waals surface area contributed by atoms with Crippen LogP contribution in [0.1, 0.15) is 12.0 Å². The number of amides is 2. The first-order valence-corrected chi connectivity index (χ1v) is 13.7. The van der Waals surface area contributed by atoms with Crippen molar-refractivity contribution in [1.29, 1.82) is 0 Å². The minimum Gasteiger partial charge on any atom is -0.457 e. The van der Waals surface area contributed by atoms with Crippen LogP contribution in [0.5, 0.6) is 11.5 Å². The van der Waals surface area contributed by atoms with E-state index < -0.39 is 6.04 Å². The lowest BCUT2D eigenvalue weighted by atomic mass is 9.96. The summed E-state index contributed by atoms with van der Waals surface area (Å²) >= 11 is 1.44. The molecular weight excluding hydrogens is 513 g/mol. The van der Waals surface area contributed by atoms with E-state index in [2.05, 4.69) is 22.4 Å². The predicted molar refractivity (Wildman–Crippen MR) is 150 cm³/mol. The van der Waals surface area contributed by atoms with Gasteiger partial charge in [-0.1, -0.05) is 30.3 Å². The smallest absolute Gasteiger partial charge is 0.247 e. The quantitative estimate of drug-likeness (QED) is 0.255. The first-order chi connectivity index (χ1) is 19.0. The molecule has 5 rings (SSSR count). The van der Waals surface area contributed by atoms with Gasteiger partial charge in [-0.25, -0.2) is 4.39 Å². The fourth-order valence-electron chi connectivity index (χ4n) is 4.68. The number of carbonyl (C=O) groups is 2. The maximum Gasteiger partial charge on any atom is 0.247 e. The number of pyridine rings is 1. The standard InChI is InChI=1S/C31H28FN3O3S/c32-24-6-10-26(11-7-24)38-27-12-8-25(9-13-27)34-31(37)29-19-23(18-22-4-2-1-3-5-22)20-35(29)30(36)21-39-28-14-16-33-17-15-28/h1-17,23,29H,18-21H2,(H,34,37). The molecule has 2 amide bonds. The van der Waals surface area contributed by atoms with Crippen LogP contribution in [0, 0.1) is 11.7 Å². The Morgan fingerprint density at radius 3 is 2.28 bits per heavy atom. The summed E-state index contributed by atoms with van der Waals surface area (Å²) in [5.41, 5.74) is 1.80. The molecule has 1 fully saturated rings. The van der Waals surface area contributed by atoms with Crippen molar-refractivity contribution >= 4 is 29.3 Å². The van der Waals surface area contributed by atoms with Crippen LogP contribution in [0.15, 0.2) is 108 Å². The van der Waals surface area contributed by atoms with Crippen molar-refractivity contribution in [2.45, 2.75) is 23.8 Å². The summed E-state index contributed by atoms with van der Waals surface area (Å²) in [6.45, 7) is 0.535. The number of hydrogen-bond donors (Lipinski definition) is 1. The molecule has 6 nitrogen and oxygen atoms in total. The van der Waals surface area contributed by atoms with Gasteiger partial charge in [0.2, 0.25) is 11.8 Å². The van der Waals surface area contributed by atoms with Gasteiger partial charge in [0.1, 0.15) is 23.4 Å². The maximum absolute atomic E-state index is 13.4. The lowest BCUT2D eigenvalue weighted by Crippen LogP contribution is -2.44. The Balaban J connectivity index is 1.25. The van der Waals surface area contributed by atoms with Crippen LogP contribution in [0.25, 0.3) is 0 Å². The fraction of sp³-hybridized carbons (Fsp3) is 0.194. The summed E-state index contributed by atoms with van der Waals surface area (Å²) in [5.74, 6) is 0.916. The third kappa shape index (κ3) is 7.23. The number of carbonyl (C=O) groups excluding carboxylic acids is 2. The van der Waals surface area contributed by atoms with E-state index in [1.807, 2.05) is 30.3 Å². The van der Waals surface area contributed by atoms with Crippen molar-refractivity contribution in [2.24, 2.45) is 5.92 Å². The fourth-order valence-corrected chi connectivity index (χ4v) is 5.45. The molecule has 0 saturated carbocycles. The molecule has 8 heteroatoms. The average Bonchev–Trinajstić information content (AvgIpc) is 3.39. The van der Waals surface area contributed by atoms with Gasteiger partial charge in [-0.3, -0.25) is 14.6 Å². The van der Waals surface area contributed by atoms with Gasteiger partial charge >= 0.3 is 0 Å². The number of aromatic nitrogens is 1. The van der Waals surface area contributed by atoms with Gasteiger partial charge in [-0.05, 0) is 85.0 Å². The van der Waals surface area contributed by atoms with Gasteiger partial charge in [-0.2, -0.15) is 0 Å². The summed E-state index contributed by atoms with van der Waals surface area (Å²) in [4.78, 5) is 33.4. The molecule has 2 atom stereocenters. The Labute approximate surface area is 231 Å². The van der Waals surface area contributed by atoms with Gasteiger partial charge in [0.05, 0.1) is 5.75 Å². The van der Waals surface area contributed by atoms with Crippen molar-refractivity contribution in [1.82, 2.24) is 9.88 Å². The molecule has 1 aromatic heterocycles. The molecule has 0 aliphatic carbocycles. The number of hydrogen-bond acceptors (Lipinski definition) is 5. The number of anilines is 1. The number of nitrogens with zero attached hydrogens (tertiary/aromatic N) is 2. The minimum absolute atomic E-state index is 0.0597. The van der Waals surface area contributed by atoms with E-state index in [-0.39, 0.29) is 29.3 Å². The Morgan fingerprint density at radius 2 is 1.59 bits per heavy atom. The molecule has 4 aromatic rings. The number of nitrogens with one attached hydrogen (secondary N) is 1. The second kappa shape index (κ2) is 12.6. The molecule has 1 aliphatic rings. The minimum atomic E-state index is -0.556. The van der Waals surface area contributed by atoms with Crippen molar-refractivity contribution in [3.63, 3.8) is 0 Å². The van der Waals surface area contributed by atoms with Crippen LogP contribution < -0.4 is 10.1 Å². The van der Waals surface area contributed by atoms with Crippen LogP contribution in [0.3, 0.4) is 0 Å². The normalized spacial score (nSPS) is 16.6. The lowest BCUT2D eigenvalue weighted by Gasteiger charge is -2.24. The highest BCUT2D eigenvalue weighted by Gasteiger charge is 2.39. The summed E-state index contributed by atoms with van der Waals surface area (Å²) in [7, 11) is 0. The van der Waals surface area contributed by atoms with Gasteiger partial charge in [0.15, 0.2) is 0 Å². The third-order valence-corrected chi connectivity index (χ3v) is 7.56. The van der Waals surface area contributed by atoms with E-state index in [4.69, 9.17) is 4.74 Å². The van der Waals surface area contributed by atoms with Gasteiger partial charge in [0, 0.05) is 29.5 Å². The van der Waals surface area contributed by atoms with Crippen molar-refractivity contribution in [3.05, 3.63) is 115 Å². The molecule has 1 N–H and O–H groups in total. The molecule has 39 heavy (non-hydrogen) atoms. The SMILES string of the molecule is O=C(Nc1ccc(Oc2ccc(F)cc2)cc1)C1CC(Cc2ccccc2)CN1C(=O)CSc1ccncc1. The molecule has 3 aromatic carbocycles. The second-order valence-corrected chi connectivity index (χ2v) is 10.4. The maximum atomic E-state index is 13.4. The van der Waals surface area contributed by atoms with Gasteiger partial charge in [-0.15, -0.1) is 11.8 Å². The molecule has 1 aliphatic heterocycles. The van der Waals surface area contributed by atoms with Gasteiger partial charge in [0.25, 0.3) is 0 Å². The van der Waals surface area contributed by atoms with E-state index >= 15 is 0 Å². The molecule has 0 bridgehead atoms. The number of likely N-dealkylation sites (tertiary alicyclic amines) is 1. The molecule has 2 unspecified atom stereocenters. The van der Waals surface area contributed by atoms with Crippen LogP contribution in [-0.4, -0.2) is 40.0 Å². The van der Waals surface area contributed by atoms with Crippen molar-refractivity contribution < 1.29 is 18.7 Å². The van der Waals surface area contributed by atoms with Crippen LogP contribution in [0.4, 0.5) is 10.1 Å². The largest absolute Gasteiger partial charge is 0.457 e. The highest BCUT2D eigenvalue weighted by atomic mass is 32.2. The Morgan fingerprint density at radius 1 is 0.923 bits per heavy atom. The number of rotatable bonds is 9. The van der Waals surface area contributed by atoms with E-state index in [0.717, 1.165) is 11.3 Å². The number of thioether (sulfide) groups is 1. The van der Waals surface area contributed by atoms with Crippen LogP contribution >= 0.6 is 11.8 Å². The molecule has 198 valence electrons. The molecule has 1 saturated heterocycles. The highest BCUT2D eigenvalue weighted by molar-refractivity contribution is 8.00. The van der Waals surface area contributed by atoms with E-state index in [1.54, 1.807) is 53.7 Å². The summed E-state index contributed by atoms with van der Waals surface area (Å²) in [6, 6.07) is 26.1. The highest BCUT2D eigenvalue weighted by Crippen LogP contribution is 2.30. The topological polar surface area (TPSA) is 71.5 Å². The van der Waals surface area contributed by atoms with Crippen molar-refractivity contribution in [2.75, 3.05) is 17.6 Å². The summed E-state index contributed by atoms with van der Waals surface area (Å²) in [6.07, 6.45) is 4.80. The van der Waals surface area contributed by atoms with Crippen LogP contribution in [-0.2, 0) is 16.0 Å². The first kappa shape index (κ1) is 26.4. The van der Waals surface area contributed by atoms with E-state index in [9.17, 15) is 14.0 Å². The zero-order valence-corrected chi connectivity index (χ0v) is 22.0. The molecular formula is C31H28FN3O3S. The van der Waals surface area contributed by atoms with Crippen LogP contribution in [0.2, 0.25) is 0 Å². The van der Waals surface area contributed by atoms with E-state index in [1.165, 1.54) is 29.5 Å². The lowest BCUT2D eigenvalue weighted by molar-refractivity contribution is -0.134. The number of ether oxygens (including phenoxy) is 1. The zero-order valence-electron chi connectivity index (χ0n) is 21.2.